The summed E-state index contributed by atoms with van der Waals surface area (Å²) in [6.45, 7) is 19.1. The van der Waals surface area contributed by atoms with Gasteiger partial charge in [-0.15, -0.1) is 0 Å². The van der Waals surface area contributed by atoms with Crippen LogP contribution in [-0.2, 0) is 13.9 Å². The number of hydrogen-bond acceptors (Lipinski definition) is 4. The maximum atomic E-state index is 6.80. The number of allylic oxidation sites excluding steroid dienone is 2. The zero-order chi connectivity index (χ0) is 23.0. The van der Waals surface area contributed by atoms with Crippen LogP contribution in [-0.4, -0.2) is 34.7 Å². The van der Waals surface area contributed by atoms with Gasteiger partial charge in [-0.05, 0) is 35.2 Å². The molecule has 4 nitrogen and oxygen atoms in total. The fourth-order valence-corrected chi connectivity index (χ4v) is 10.5. The van der Waals surface area contributed by atoms with Gasteiger partial charge in [0.1, 0.15) is 5.75 Å². The third-order valence-corrected chi connectivity index (χ3v) is 12.7. The molecule has 5 heteroatoms. The Bertz CT molecular complexity index is 674. The second kappa shape index (κ2) is 12.0. The molecule has 0 N–H and O–H groups in total. The summed E-state index contributed by atoms with van der Waals surface area (Å²) in [7, 11) is -0.215. The molecule has 1 aromatic carbocycles. The Hall–Kier alpha value is -1.40. The molecular formula is C26H42O4Si. The van der Waals surface area contributed by atoms with Crippen molar-refractivity contribution in [2.45, 2.75) is 77.0 Å². The highest BCUT2D eigenvalue weighted by molar-refractivity contribution is 6.77. The molecule has 0 aliphatic carbocycles. The normalized spacial score (nSPS) is 22.6. The van der Waals surface area contributed by atoms with Crippen molar-refractivity contribution < 1.29 is 18.6 Å². The van der Waals surface area contributed by atoms with Crippen molar-refractivity contribution in [3.63, 3.8) is 0 Å². The maximum Gasteiger partial charge on any atom is 0.200 e. The zero-order valence-electron chi connectivity index (χ0n) is 20.5. The Morgan fingerprint density at radius 2 is 1.68 bits per heavy atom. The van der Waals surface area contributed by atoms with Crippen molar-refractivity contribution in [3.05, 3.63) is 54.6 Å². The number of hydrogen-bond donors (Lipinski definition) is 0. The largest absolute Gasteiger partial charge is 0.497 e. The van der Waals surface area contributed by atoms with Gasteiger partial charge in [0.15, 0.2) is 14.6 Å². The smallest absolute Gasteiger partial charge is 0.200 e. The Labute approximate surface area is 190 Å². The van der Waals surface area contributed by atoms with Gasteiger partial charge >= 0.3 is 0 Å². The predicted molar refractivity (Wildman–Crippen MR) is 131 cm³/mol. The van der Waals surface area contributed by atoms with E-state index in [0.29, 0.717) is 23.2 Å². The van der Waals surface area contributed by atoms with E-state index < -0.39 is 8.32 Å². The predicted octanol–water partition coefficient (Wildman–Crippen LogP) is 7.05. The van der Waals surface area contributed by atoms with E-state index in [2.05, 4.69) is 54.2 Å². The highest BCUT2D eigenvalue weighted by Gasteiger charge is 2.45. The number of benzene rings is 1. The summed E-state index contributed by atoms with van der Waals surface area (Å²) in [6.07, 6.45) is 6.44. The summed E-state index contributed by atoms with van der Waals surface area (Å²) in [6, 6.07) is 7.89. The molecule has 1 heterocycles. The highest BCUT2D eigenvalue weighted by Crippen LogP contribution is 2.42. The number of ether oxygens (including phenoxy) is 3. The van der Waals surface area contributed by atoms with Crippen LogP contribution in [0.1, 0.15) is 59.8 Å². The van der Waals surface area contributed by atoms with E-state index in [1.165, 1.54) is 0 Å². The van der Waals surface area contributed by atoms with Crippen LogP contribution >= 0.6 is 0 Å². The molecule has 0 bridgehead atoms. The molecule has 0 spiro atoms. The minimum Gasteiger partial charge on any atom is -0.497 e. The molecule has 1 unspecified atom stereocenters. The van der Waals surface area contributed by atoms with Crippen molar-refractivity contribution in [1.82, 2.24) is 0 Å². The van der Waals surface area contributed by atoms with Crippen molar-refractivity contribution in [2.75, 3.05) is 20.3 Å². The monoisotopic (exact) mass is 446 g/mol. The molecule has 31 heavy (non-hydrogen) atoms. The summed E-state index contributed by atoms with van der Waals surface area (Å²) in [5.74, 6) is 1.01. The van der Waals surface area contributed by atoms with Gasteiger partial charge in [-0.2, -0.15) is 0 Å². The second-order valence-electron chi connectivity index (χ2n) is 9.35. The first-order chi connectivity index (χ1) is 14.8. The minimum absolute atomic E-state index is 0.0373. The Morgan fingerprint density at radius 1 is 1.06 bits per heavy atom. The van der Waals surface area contributed by atoms with Crippen LogP contribution in [0.5, 0.6) is 5.75 Å². The van der Waals surface area contributed by atoms with Gasteiger partial charge < -0.3 is 18.6 Å². The molecule has 0 radical (unpaired) electrons. The Kier molecular flexibility index (Phi) is 10.0. The van der Waals surface area contributed by atoms with Crippen LogP contribution in [0.3, 0.4) is 0 Å². The van der Waals surface area contributed by atoms with Gasteiger partial charge in [0.2, 0.25) is 0 Å². The first kappa shape index (κ1) is 25.9. The van der Waals surface area contributed by atoms with Gasteiger partial charge in [0.25, 0.3) is 0 Å². The summed E-state index contributed by atoms with van der Waals surface area (Å²) in [5.41, 5.74) is 2.73. The van der Waals surface area contributed by atoms with Crippen LogP contribution in [0.2, 0.25) is 16.6 Å². The van der Waals surface area contributed by atoms with E-state index in [4.69, 9.17) is 18.6 Å². The van der Waals surface area contributed by atoms with E-state index >= 15 is 0 Å². The molecule has 174 valence electrons. The summed E-state index contributed by atoms with van der Waals surface area (Å²) in [4.78, 5) is 0. The molecular weight excluding hydrogens is 404 g/mol. The van der Waals surface area contributed by atoms with Gasteiger partial charge in [-0.3, -0.25) is 0 Å². The van der Waals surface area contributed by atoms with E-state index in [1.807, 2.05) is 30.3 Å². The molecule has 1 aliphatic heterocycles. The SMILES string of the molecule is C=C/C=C/[C@H]1COC(c2ccc(OC)cc2)O[C@H]1CCO[Si](C(C)C)(C(C)C)C(C)C. The molecule has 2 rings (SSSR count). The summed E-state index contributed by atoms with van der Waals surface area (Å²) >= 11 is 0. The van der Waals surface area contributed by atoms with Crippen molar-refractivity contribution >= 4 is 8.32 Å². The van der Waals surface area contributed by atoms with Crippen molar-refractivity contribution in [1.29, 1.82) is 0 Å². The first-order valence-corrected chi connectivity index (χ1v) is 13.7. The Morgan fingerprint density at radius 3 is 2.19 bits per heavy atom. The minimum atomic E-state index is -1.89. The first-order valence-electron chi connectivity index (χ1n) is 11.6. The van der Waals surface area contributed by atoms with Crippen LogP contribution < -0.4 is 4.74 Å². The lowest BCUT2D eigenvalue weighted by Gasteiger charge is -2.43. The number of methoxy groups -OCH3 is 1. The Balaban J connectivity index is 2.12. The van der Waals surface area contributed by atoms with Crippen molar-refractivity contribution in [2.24, 2.45) is 5.92 Å². The number of rotatable bonds is 11. The fraction of sp³-hybridized carbons (Fsp3) is 0.615. The maximum absolute atomic E-state index is 6.80. The van der Waals surface area contributed by atoms with E-state index in [1.54, 1.807) is 13.2 Å². The van der Waals surface area contributed by atoms with Crippen LogP contribution in [0.15, 0.2) is 49.1 Å². The van der Waals surface area contributed by atoms with Crippen LogP contribution in [0, 0.1) is 5.92 Å². The molecule has 1 aliphatic rings. The molecule has 1 aromatic rings. The van der Waals surface area contributed by atoms with Gasteiger partial charge in [-0.25, -0.2) is 0 Å². The summed E-state index contributed by atoms with van der Waals surface area (Å²) in [5, 5.41) is 0. The second-order valence-corrected chi connectivity index (χ2v) is 14.8. The van der Waals surface area contributed by atoms with Crippen LogP contribution in [0.4, 0.5) is 0 Å². The quantitative estimate of drug-likeness (QED) is 0.269. The lowest BCUT2D eigenvalue weighted by Crippen LogP contribution is -2.48. The average molecular weight is 447 g/mol. The molecule has 1 fully saturated rings. The van der Waals surface area contributed by atoms with Gasteiger partial charge in [0, 0.05) is 18.1 Å². The van der Waals surface area contributed by atoms with Gasteiger partial charge in [-0.1, -0.05) is 78.5 Å². The fourth-order valence-electron chi connectivity index (χ4n) is 5.08. The van der Waals surface area contributed by atoms with Gasteiger partial charge in [0.05, 0.1) is 19.8 Å². The molecule has 3 atom stereocenters. The van der Waals surface area contributed by atoms with Crippen LogP contribution in [0.25, 0.3) is 0 Å². The van der Waals surface area contributed by atoms with E-state index in [0.717, 1.165) is 24.3 Å². The van der Waals surface area contributed by atoms with Crippen molar-refractivity contribution in [3.8, 4) is 5.75 Å². The summed E-state index contributed by atoms with van der Waals surface area (Å²) < 4.78 is 24.6. The highest BCUT2D eigenvalue weighted by atomic mass is 28.4. The standard InChI is InChI=1S/C26H42O4Si/c1-9-10-11-23-18-28-26(22-12-14-24(27-8)15-13-22)30-25(23)16-17-29-31(19(2)3,20(4)5)21(6)7/h9-15,19-21,23,25-26H,1,16-18H2,2-8H3/b11-10+/t23-,25-,26?/m0/s1. The lowest BCUT2D eigenvalue weighted by atomic mass is 9.98. The molecule has 1 saturated heterocycles. The zero-order valence-corrected chi connectivity index (χ0v) is 21.5. The van der Waals surface area contributed by atoms with E-state index in [-0.39, 0.29) is 18.3 Å². The van der Waals surface area contributed by atoms with E-state index in [9.17, 15) is 0 Å². The lowest BCUT2D eigenvalue weighted by molar-refractivity contribution is -0.235. The molecule has 0 aromatic heterocycles. The topological polar surface area (TPSA) is 36.9 Å². The average Bonchev–Trinajstić information content (AvgIpc) is 2.75. The third-order valence-electron chi connectivity index (χ3n) is 6.56. The molecule has 0 amide bonds. The third kappa shape index (κ3) is 6.32. The molecule has 0 saturated carbocycles.